The van der Waals surface area contributed by atoms with Crippen molar-refractivity contribution < 1.29 is 4.79 Å². The molecule has 0 aromatic heterocycles. The molecular formula is C19H21Cl2N3O. The van der Waals surface area contributed by atoms with Crippen LogP contribution in [0.3, 0.4) is 0 Å². The molecule has 1 heterocycles. The number of anilines is 1. The molecule has 0 atom stereocenters. The maximum Gasteiger partial charge on any atom is 0.317 e. The Bertz CT molecular complexity index is 730. The standard InChI is InChI=1S/C19H21Cl2N3O/c20-16-4-1-3-15(13-16)7-8-22-19(25)24-11-9-23(10-12-24)18-6-2-5-17(21)14-18/h1-6,13-14H,7-12H2,(H,22,25). The van der Waals surface area contributed by atoms with Crippen LogP contribution in [-0.2, 0) is 6.42 Å². The van der Waals surface area contributed by atoms with Gasteiger partial charge in [-0.1, -0.05) is 41.4 Å². The number of benzene rings is 2. The number of hydrogen-bond acceptors (Lipinski definition) is 2. The number of nitrogens with zero attached hydrogens (tertiary/aromatic N) is 2. The number of urea groups is 1. The third kappa shape index (κ3) is 5.03. The predicted molar refractivity (Wildman–Crippen MR) is 104 cm³/mol. The first-order valence-corrected chi connectivity index (χ1v) is 9.15. The van der Waals surface area contributed by atoms with Gasteiger partial charge in [-0.2, -0.15) is 0 Å². The van der Waals surface area contributed by atoms with Crippen LogP contribution in [0.5, 0.6) is 0 Å². The third-order valence-electron chi connectivity index (χ3n) is 4.32. The number of carbonyl (C=O) groups excluding carboxylic acids is 1. The van der Waals surface area contributed by atoms with Crippen LogP contribution in [0, 0.1) is 0 Å². The molecule has 6 heteroatoms. The van der Waals surface area contributed by atoms with E-state index in [-0.39, 0.29) is 6.03 Å². The number of rotatable bonds is 4. The highest BCUT2D eigenvalue weighted by Gasteiger charge is 2.21. The van der Waals surface area contributed by atoms with Gasteiger partial charge in [0.25, 0.3) is 0 Å². The van der Waals surface area contributed by atoms with Crippen LogP contribution in [0.4, 0.5) is 10.5 Å². The Morgan fingerprint density at radius 1 is 0.960 bits per heavy atom. The van der Waals surface area contributed by atoms with Crippen LogP contribution >= 0.6 is 23.2 Å². The number of nitrogens with one attached hydrogen (secondary N) is 1. The summed E-state index contributed by atoms with van der Waals surface area (Å²) < 4.78 is 0. The molecule has 25 heavy (non-hydrogen) atoms. The zero-order valence-electron chi connectivity index (χ0n) is 13.9. The molecule has 0 unspecified atom stereocenters. The quantitative estimate of drug-likeness (QED) is 0.871. The van der Waals surface area contributed by atoms with Crippen molar-refractivity contribution in [1.29, 1.82) is 0 Å². The lowest BCUT2D eigenvalue weighted by Crippen LogP contribution is -2.52. The maximum absolute atomic E-state index is 12.3. The average molecular weight is 378 g/mol. The normalized spacial score (nSPS) is 14.5. The molecule has 0 aliphatic carbocycles. The fraction of sp³-hybridized carbons (Fsp3) is 0.316. The van der Waals surface area contributed by atoms with Gasteiger partial charge in [-0.15, -0.1) is 0 Å². The van der Waals surface area contributed by atoms with Crippen LogP contribution in [0.15, 0.2) is 48.5 Å². The van der Waals surface area contributed by atoms with Gasteiger partial charge in [0.1, 0.15) is 0 Å². The van der Waals surface area contributed by atoms with E-state index in [4.69, 9.17) is 23.2 Å². The van der Waals surface area contributed by atoms with Crippen molar-refractivity contribution in [2.45, 2.75) is 6.42 Å². The largest absolute Gasteiger partial charge is 0.368 e. The molecule has 1 fully saturated rings. The Morgan fingerprint density at radius 3 is 2.32 bits per heavy atom. The van der Waals surface area contributed by atoms with Gasteiger partial charge in [0.05, 0.1) is 0 Å². The summed E-state index contributed by atoms with van der Waals surface area (Å²) >= 11 is 12.0. The predicted octanol–water partition coefficient (Wildman–Crippen LogP) is 4.07. The number of piperazine rings is 1. The summed E-state index contributed by atoms with van der Waals surface area (Å²) in [6.45, 7) is 3.63. The molecular weight excluding hydrogens is 357 g/mol. The minimum Gasteiger partial charge on any atom is -0.368 e. The third-order valence-corrected chi connectivity index (χ3v) is 4.79. The van der Waals surface area contributed by atoms with Gasteiger partial charge >= 0.3 is 6.03 Å². The summed E-state index contributed by atoms with van der Waals surface area (Å²) in [4.78, 5) is 16.4. The van der Waals surface area contributed by atoms with Crippen LogP contribution in [-0.4, -0.2) is 43.7 Å². The Kier molecular flexibility index (Phi) is 6.05. The molecule has 2 aromatic rings. The van der Waals surface area contributed by atoms with E-state index < -0.39 is 0 Å². The second-order valence-corrected chi connectivity index (χ2v) is 6.94. The molecule has 1 N–H and O–H groups in total. The lowest BCUT2D eigenvalue weighted by Gasteiger charge is -2.36. The van der Waals surface area contributed by atoms with E-state index in [1.54, 1.807) is 0 Å². The molecule has 2 amide bonds. The smallest absolute Gasteiger partial charge is 0.317 e. The zero-order chi connectivity index (χ0) is 17.6. The Labute approximate surface area is 158 Å². The first-order chi connectivity index (χ1) is 12.1. The fourth-order valence-electron chi connectivity index (χ4n) is 2.96. The SMILES string of the molecule is O=C(NCCc1cccc(Cl)c1)N1CCN(c2cccc(Cl)c2)CC1. The highest BCUT2D eigenvalue weighted by molar-refractivity contribution is 6.31. The summed E-state index contributed by atoms with van der Waals surface area (Å²) in [5, 5.41) is 4.45. The van der Waals surface area contributed by atoms with Gasteiger partial charge in [-0.05, 0) is 42.3 Å². The molecule has 3 rings (SSSR count). The van der Waals surface area contributed by atoms with Gasteiger partial charge < -0.3 is 15.1 Å². The van der Waals surface area contributed by atoms with E-state index in [0.717, 1.165) is 40.8 Å². The molecule has 132 valence electrons. The molecule has 0 bridgehead atoms. The van der Waals surface area contributed by atoms with Gasteiger partial charge in [0.15, 0.2) is 0 Å². The van der Waals surface area contributed by atoms with Crippen LogP contribution < -0.4 is 10.2 Å². The molecule has 0 saturated carbocycles. The van der Waals surface area contributed by atoms with Gasteiger partial charge in [0.2, 0.25) is 0 Å². The number of halogens is 2. The van der Waals surface area contributed by atoms with Gasteiger partial charge in [0, 0.05) is 48.5 Å². The van der Waals surface area contributed by atoms with E-state index >= 15 is 0 Å². The highest BCUT2D eigenvalue weighted by Crippen LogP contribution is 2.20. The zero-order valence-corrected chi connectivity index (χ0v) is 15.4. The van der Waals surface area contributed by atoms with E-state index in [1.807, 2.05) is 53.4 Å². The highest BCUT2D eigenvalue weighted by atomic mass is 35.5. The fourth-order valence-corrected chi connectivity index (χ4v) is 3.36. The summed E-state index contributed by atoms with van der Waals surface area (Å²) in [5.74, 6) is 0. The van der Waals surface area contributed by atoms with Gasteiger partial charge in [-0.25, -0.2) is 4.79 Å². The van der Waals surface area contributed by atoms with Crippen molar-refractivity contribution in [2.24, 2.45) is 0 Å². The van der Waals surface area contributed by atoms with Crippen molar-refractivity contribution in [3.8, 4) is 0 Å². The molecule has 1 aliphatic rings. The minimum absolute atomic E-state index is 0.00669. The number of hydrogen-bond donors (Lipinski definition) is 1. The molecule has 0 spiro atoms. The molecule has 1 aliphatic heterocycles. The van der Waals surface area contributed by atoms with Crippen LogP contribution in [0.25, 0.3) is 0 Å². The number of carbonyl (C=O) groups is 1. The first-order valence-electron chi connectivity index (χ1n) is 8.39. The maximum atomic E-state index is 12.3. The molecule has 0 radical (unpaired) electrons. The lowest BCUT2D eigenvalue weighted by atomic mass is 10.1. The van der Waals surface area contributed by atoms with Crippen molar-refractivity contribution in [1.82, 2.24) is 10.2 Å². The first kappa shape index (κ1) is 17.9. The molecule has 2 aromatic carbocycles. The Morgan fingerprint density at radius 2 is 1.64 bits per heavy atom. The van der Waals surface area contributed by atoms with Crippen LogP contribution in [0.2, 0.25) is 10.0 Å². The average Bonchev–Trinajstić information content (AvgIpc) is 2.62. The summed E-state index contributed by atoms with van der Waals surface area (Å²) in [5.41, 5.74) is 2.23. The summed E-state index contributed by atoms with van der Waals surface area (Å²) in [7, 11) is 0. The van der Waals surface area contributed by atoms with E-state index in [9.17, 15) is 4.79 Å². The van der Waals surface area contributed by atoms with E-state index in [0.29, 0.717) is 19.6 Å². The minimum atomic E-state index is -0.00669. The van der Waals surface area contributed by atoms with Crippen molar-refractivity contribution in [3.63, 3.8) is 0 Å². The Hall–Kier alpha value is -1.91. The van der Waals surface area contributed by atoms with Crippen molar-refractivity contribution in [2.75, 3.05) is 37.6 Å². The molecule has 4 nitrogen and oxygen atoms in total. The Balaban J connectivity index is 1.44. The van der Waals surface area contributed by atoms with Crippen molar-refractivity contribution in [3.05, 3.63) is 64.1 Å². The summed E-state index contributed by atoms with van der Waals surface area (Å²) in [6.07, 6.45) is 0.773. The topological polar surface area (TPSA) is 35.6 Å². The van der Waals surface area contributed by atoms with Gasteiger partial charge in [-0.3, -0.25) is 0 Å². The molecule has 1 saturated heterocycles. The second-order valence-electron chi connectivity index (χ2n) is 6.07. The second kappa shape index (κ2) is 8.45. The van der Waals surface area contributed by atoms with Crippen molar-refractivity contribution >= 4 is 34.9 Å². The van der Waals surface area contributed by atoms with E-state index in [1.165, 1.54) is 0 Å². The lowest BCUT2D eigenvalue weighted by molar-refractivity contribution is 0.194. The van der Waals surface area contributed by atoms with Crippen LogP contribution in [0.1, 0.15) is 5.56 Å². The number of amides is 2. The monoisotopic (exact) mass is 377 g/mol. The van der Waals surface area contributed by atoms with E-state index in [2.05, 4.69) is 10.2 Å². The summed E-state index contributed by atoms with van der Waals surface area (Å²) in [6, 6.07) is 15.5.